The summed E-state index contributed by atoms with van der Waals surface area (Å²) in [5.74, 6) is 0.320. The van der Waals surface area contributed by atoms with E-state index in [1.165, 1.54) is 12.1 Å². The van der Waals surface area contributed by atoms with Crippen LogP contribution in [0.4, 0.5) is 4.39 Å². The first-order chi connectivity index (χ1) is 8.61. The van der Waals surface area contributed by atoms with Crippen molar-refractivity contribution in [2.75, 3.05) is 0 Å². The Morgan fingerprint density at radius 3 is 2.83 bits per heavy atom. The lowest BCUT2D eigenvalue weighted by Crippen LogP contribution is -2.33. The van der Waals surface area contributed by atoms with Crippen molar-refractivity contribution >= 4 is 12.6 Å². The van der Waals surface area contributed by atoms with Crippen LogP contribution in [-0.2, 0) is 13.0 Å². The topological polar surface area (TPSA) is 58.3 Å². The van der Waals surface area contributed by atoms with Crippen LogP contribution in [0.3, 0.4) is 0 Å². The normalized spacial score (nSPS) is 10.7. The first-order valence-corrected chi connectivity index (χ1v) is 5.76. The van der Waals surface area contributed by atoms with Gasteiger partial charge in [0.25, 0.3) is 0 Å². The molecule has 4 nitrogen and oxygen atoms in total. The molecule has 2 N–H and O–H groups in total. The molecule has 0 aliphatic heterocycles. The largest absolute Gasteiger partial charge is 0.491 e. The van der Waals surface area contributed by atoms with E-state index in [1.54, 1.807) is 12.3 Å². The van der Waals surface area contributed by atoms with E-state index in [0.29, 0.717) is 6.54 Å². The third-order valence-corrected chi connectivity index (χ3v) is 2.81. The molecule has 0 aliphatic carbocycles. The monoisotopic (exact) mass is 248 g/mol. The van der Waals surface area contributed by atoms with Crippen LogP contribution < -0.4 is 5.46 Å². The highest BCUT2D eigenvalue weighted by molar-refractivity contribution is 6.58. The van der Waals surface area contributed by atoms with E-state index >= 15 is 0 Å². The molecule has 6 heteroatoms. The van der Waals surface area contributed by atoms with Crippen molar-refractivity contribution in [2.45, 2.75) is 19.9 Å². The Morgan fingerprint density at radius 2 is 2.17 bits per heavy atom. The van der Waals surface area contributed by atoms with Gasteiger partial charge in [0.05, 0.1) is 0 Å². The summed E-state index contributed by atoms with van der Waals surface area (Å²) in [5.41, 5.74) is 0.692. The summed E-state index contributed by atoms with van der Waals surface area (Å²) < 4.78 is 15.3. The summed E-state index contributed by atoms with van der Waals surface area (Å²) in [5, 5.41) is 18.1. The first kappa shape index (κ1) is 12.8. The van der Waals surface area contributed by atoms with Gasteiger partial charge in [0.15, 0.2) is 0 Å². The quantitative estimate of drug-likeness (QED) is 0.766. The molecule has 1 aromatic carbocycles. The Bertz CT molecular complexity index is 543. The molecule has 1 aromatic heterocycles. The molecule has 0 atom stereocenters. The smallest absolute Gasteiger partial charge is 0.423 e. The van der Waals surface area contributed by atoms with E-state index in [9.17, 15) is 4.39 Å². The van der Waals surface area contributed by atoms with Gasteiger partial charge in [-0.05, 0) is 11.6 Å². The molecule has 0 fully saturated rings. The molecule has 0 spiro atoms. The van der Waals surface area contributed by atoms with Gasteiger partial charge in [-0.2, -0.15) is 0 Å². The van der Waals surface area contributed by atoms with E-state index < -0.39 is 12.9 Å². The lowest BCUT2D eigenvalue weighted by Gasteiger charge is -2.09. The van der Waals surface area contributed by atoms with Crippen LogP contribution in [0, 0.1) is 5.82 Å². The van der Waals surface area contributed by atoms with Crippen molar-refractivity contribution in [1.29, 1.82) is 0 Å². The molecule has 1 heterocycles. The molecular weight excluding hydrogens is 234 g/mol. The van der Waals surface area contributed by atoms with Crippen molar-refractivity contribution in [3.05, 3.63) is 47.8 Å². The summed E-state index contributed by atoms with van der Waals surface area (Å²) >= 11 is 0. The minimum absolute atomic E-state index is 0.106. The second-order valence-electron chi connectivity index (χ2n) is 4.05. The van der Waals surface area contributed by atoms with Gasteiger partial charge >= 0.3 is 7.12 Å². The average Bonchev–Trinajstić information content (AvgIpc) is 2.78. The van der Waals surface area contributed by atoms with Crippen molar-refractivity contribution in [1.82, 2.24) is 9.55 Å². The van der Waals surface area contributed by atoms with Crippen LogP contribution >= 0.6 is 0 Å². The third kappa shape index (κ3) is 2.60. The van der Waals surface area contributed by atoms with Gasteiger partial charge in [-0.25, -0.2) is 9.37 Å². The predicted octanol–water partition coefficient (Wildman–Crippen LogP) is 0.313. The van der Waals surface area contributed by atoms with E-state index in [2.05, 4.69) is 4.98 Å². The molecule has 0 saturated heterocycles. The number of aromatic nitrogens is 2. The molecule has 0 aliphatic rings. The molecule has 2 aromatic rings. The maximum absolute atomic E-state index is 13.3. The maximum Gasteiger partial charge on any atom is 0.491 e. The van der Waals surface area contributed by atoms with Crippen molar-refractivity contribution in [2.24, 2.45) is 0 Å². The molecule has 94 valence electrons. The van der Waals surface area contributed by atoms with Crippen LogP contribution in [0.2, 0.25) is 0 Å². The number of halogens is 1. The highest BCUT2D eigenvalue weighted by Crippen LogP contribution is 2.07. The average molecular weight is 248 g/mol. The van der Waals surface area contributed by atoms with Gasteiger partial charge in [0, 0.05) is 30.8 Å². The van der Waals surface area contributed by atoms with Crippen LogP contribution in [-0.4, -0.2) is 26.7 Å². The van der Waals surface area contributed by atoms with Crippen molar-refractivity contribution in [3.8, 4) is 0 Å². The van der Waals surface area contributed by atoms with Gasteiger partial charge in [-0.15, -0.1) is 0 Å². The Morgan fingerprint density at radius 1 is 1.39 bits per heavy atom. The standard InChI is InChI=1S/C12H14BFN2O2/c1-2-12-15-5-6-16(12)8-9-3-4-11(14)10(7-9)13(17)18/h3-7,17-18H,2,8H2,1H3. The molecule has 0 radical (unpaired) electrons. The van der Waals surface area contributed by atoms with E-state index in [4.69, 9.17) is 10.0 Å². The fraction of sp³-hybridized carbons (Fsp3) is 0.250. The van der Waals surface area contributed by atoms with Gasteiger partial charge in [0.1, 0.15) is 11.6 Å². The summed E-state index contributed by atoms with van der Waals surface area (Å²) in [6.07, 6.45) is 4.37. The van der Waals surface area contributed by atoms with Crippen molar-refractivity contribution < 1.29 is 14.4 Å². The van der Waals surface area contributed by atoms with Crippen LogP contribution in [0.1, 0.15) is 18.3 Å². The molecule has 0 saturated carbocycles. The Labute approximate surface area is 105 Å². The van der Waals surface area contributed by atoms with Gasteiger partial charge in [-0.3, -0.25) is 0 Å². The zero-order chi connectivity index (χ0) is 13.1. The zero-order valence-corrected chi connectivity index (χ0v) is 10.0. The number of hydrogen-bond acceptors (Lipinski definition) is 3. The Balaban J connectivity index is 2.27. The second kappa shape index (κ2) is 5.33. The Hall–Kier alpha value is -1.66. The van der Waals surface area contributed by atoms with Gasteiger partial charge in [0.2, 0.25) is 0 Å². The first-order valence-electron chi connectivity index (χ1n) is 5.76. The zero-order valence-electron chi connectivity index (χ0n) is 10.0. The summed E-state index contributed by atoms with van der Waals surface area (Å²) in [4.78, 5) is 4.20. The number of nitrogens with zero attached hydrogens (tertiary/aromatic N) is 2. The second-order valence-corrected chi connectivity index (χ2v) is 4.05. The van der Waals surface area contributed by atoms with Gasteiger partial charge in [-0.1, -0.05) is 19.1 Å². The van der Waals surface area contributed by atoms with E-state index in [0.717, 1.165) is 17.8 Å². The van der Waals surface area contributed by atoms with Crippen molar-refractivity contribution in [3.63, 3.8) is 0 Å². The highest BCUT2D eigenvalue weighted by Gasteiger charge is 2.17. The number of benzene rings is 1. The molecular formula is C12H14BFN2O2. The molecule has 2 rings (SSSR count). The lowest BCUT2D eigenvalue weighted by molar-refractivity contribution is 0.423. The summed E-state index contributed by atoms with van der Waals surface area (Å²) in [7, 11) is -1.79. The van der Waals surface area contributed by atoms with Crippen LogP contribution in [0.15, 0.2) is 30.6 Å². The van der Waals surface area contributed by atoms with Gasteiger partial charge < -0.3 is 14.6 Å². The molecule has 0 unspecified atom stereocenters. The number of aryl methyl sites for hydroxylation is 1. The molecule has 0 bridgehead atoms. The third-order valence-electron chi connectivity index (χ3n) is 2.81. The summed E-state index contributed by atoms with van der Waals surface area (Å²) in [6.45, 7) is 2.54. The molecule has 18 heavy (non-hydrogen) atoms. The number of imidazole rings is 1. The number of rotatable bonds is 4. The minimum atomic E-state index is -1.79. The fourth-order valence-corrected chi connectivity index (χ4v) is 1.88. The maximum atomic E-state index is 13.3. The Kier molecular flexibility index (Phi) is 3.79. The predicted molar refractivity (Wildman–Crippen MR) is 66.9 cm³/mol. The van der Waals surface area contributed by atoms with E-state index in [-0.39, 0.29) is 5.46 Å². The molecule has 0 amide bonds. The minimum Gasteiger partial charge on any atom is -0.423 e. The summed E-state index contributed by atoms with van der Waals surface area (Å²) in [6, 6.07) is 4.33. The van der Waals surface area contributed by atoms with E-state index in [1.807, 2.05) is 17.7 Å². The fourth-order valence-electron chi connectivity index (χ4n) is 1.88. The number of hydrogen-bond donors (Lipinski definition) is 2. The highest BCUT2D eigenvalue weighted by atomic mass is 19.1. The van der Waals surface area contributed by atoms with Crippen LogP contribution in [0.25, 0.3) is 0 Å². The van der Waals surface area contributed by atoms with Crippen LogP contribution in [0.5, 0.6) is 0 Å². The lowest BCUT2D eigenvalue weighted by atomic mass is 9.79. The SMILES string of the molecule is CCc1nccn1Cc1ccc(F)c(B(O)O)c1.